The molecule has 0 aliphatic carbocycles. The van der Waals surface area contributed by atoms with Gasteiger partial charge in [0.15, 0.2) is 17.5 Å². The summed E-state index contributed by atoms with van der Waals surface area (Å²) in [5.74, 6) is 1.85. The monoisotopic (exact) mass is 884 g/mol. The van der Waals surface area contributed by atoms with Crippen LogP contribution in [0.25, 0.3) is 126 Å². The minimum atomic E-state index is 0.609. The molecule has 13 aromatic rings. The molecule has 0 saturated heterocycles. The van der Waals surface area contributed by atoms with Crippen molar-refractivity contribution in [1.29, 1.82) is 0 Å². The Morgan fingerprint density at radius 1 is 0.279 bits per heavy atom. The van der Waals surface area contributed by atoms with E-state index in [4.69, 9.17) is 15.0 Å². The van der Waals surface area contributed by atoms with Crippen LogP contribution >= 0.6 is 11.3 Å². The summed E-state index contributed by atoms with van der Waals surface area (Å²) in [6.45, 7) is 0. The SMILES string of the molecule is c1ccc(-c2ccc(-c3ccccc3)c(-c3ccc(-c4cccc5sc6cc7c8ccccc8n(-c8ccccc8)c7cc6c45)c(-c4nc(-c5ccccc5)nc(-c5ccccc5)n4)c3)c2)cc1. The van der Waals surface area contributed by atoms with Crippen molar-refractivity contribution in [2.45, 2.75) is 0 Å². The van der Waals surface area contributed by atoms with Crippen molar-refractivity contribution in [3.63, 3.8) is 0 Å². The van der Waals surface area contributed by atoms with Crippen molar-refractivity contribution >= 4 is 53.3 Å². The Labute approximate surface area is 397 Å². The van der Waals surface area contributed by atoms with Gasteiger partial charge in [-0.05, 0) is 93.0 Å². The van der Waals surface area contributed by atoms with Gasteiger partial charge in [0.1, 0.15) is 0 Å². The largest absolute Gasteiger partial charge is 0.309 e. The van der Waals surface area contributed by atoms with Crippen molar-refractivity contribution in [2.24, 2.45) is 0 Å². The summed E-state index contributed by atoms with van der Waals surface area (Å²) < 4.78 is 4.88. The van der Waals surface area contributed by atoms with Crippen molar-refractivity contribution < 1.29 is 0 Å². The molecule has 0 atom stereocenters. The van der Waals surface area contributed by atoms with Gasteiger partial charge in [0.25, 0.3) is 0 Å². The molecule has 0 fully saturated rings. The number of benzene rings is 10. The van der Waals surface area contributed by atoms with Crippen LogP contribution in [0.4, 0.5) is 0 Å². The summed E-state index contributed by atoms with van der Waals surface area (Å²) in [5, 5.41) is 4.92. The van der Waals surface area contributed by atoms with Crippen LogP contribution in [0.5, 0.6) is 0 Å². The van der Waals surface area contributed by atoms with Gasteiger partial charge in [-0.25, -0.2) is 15.0 Å². The first kappa shape index (κ1) is 39.6. The third-order valence-corrected chi connectivity index (χ3v) is 14.2. The molecule has 0 radical (unpaired) electrons. The molecule has 0 spiro atoms. The highest BCUT2D eigenvalue weighted by atomic mass is 32.1. The molecular formula is C63H40N4S. The molecule has 3 aromatic heterocycles. The molecule has 0 N–H and O–H groups in total. The minimum absolute atomic E-state index is 0.609. The highest BCUT2D eigenvalue weighted by Crippen LogP contribution is 2.47. The molecule has 0 aliphatic heterocycles. The quantitative estimate of drug-likeness (QED) is 0.153. The Hall–Kier alpha value is -8.77. The van der Waals surface area contributed by atoms with Crippen molar-refractivity contribution in [3.8, 4) is 84.4 Å². The first-order valence-electron chi connectivity index (χ1n) is 22.9. The van der Waals surface area contributed by atoms with Crippen LogP contribution in [0, 0.1) is 0 Å². The fraction of sp³-hybridized carbons (Fsp3) is 0. The molecule has 318 valence electrons. The van der Waals surface area contributed by atoms with Gasteiger partial charge in [0, 0.05) is 53.3 Å². The van der Waals surface area contributed by atoms with Gasteiger partial charge >= 0.3 is 0 Å². The van der Waals surface area contributed by atoms with Gasteiger partial charge in [0.05, 0.1) is 11.0 Å². The fourth-order valence-electron chi connectivity index (χ4n) is 9.89. The van der Waals surface area contributed by atoms with Gasteiger partial charge in [-0.2, -0.15) is 0 Å². The van der Waals surface area contributed by atoms with E-state index in [1.54, 1.807) is 0 Å². The zero-order valence-electron chi connectivity index (χ0n) is 36.8. The third kappa shape index (κ3) is 6.88. The average molecular weight is 885 g/mol. The van der Waals surface area contributed by atoms with Crippen LogP contribution in [0.2, 0.25) is 0 Å². The lowest BCUT2D eigenvalue weighted by atomic mass is 9.88. The number of para-hydroxylation sites is 2. The first-order valence-corrected chi connectivity index (χ1v) is 23.7. The molecule has 0 amide bonds. The van der Waals surface area contributed by atoms with Gasteiger partial charge in [-0.15, -0.1) is 11.3 Å². The van der Waals surface area contributed by atoms with Gasteiger partial charge < -0.3 is 4.57 Å². The second-order valence-electron chi connectivity index (χ2n) is 17.1. The maximum atomic E-state index is 5.38. The summed E-state index contributed by atoms with van der Waals surface area (Å²) in [6, 6.07) is 86.5. The number of thiophene rings is 1. The van der Waals surface area contributed by atoms with Crippen LogP contribution in [-0.4, -0.2) is 19.5 Å². The predicted molar refractivity (Wildman–Crippen MR) is 285 cm³/mol. The molecule has 0 aliphatic rings. The average Bonchev–Trinajstić information content (AvgIpc) is 3.95. The zero-order chi connectivity index (χ0) is 45.0. The van der Waals surface area contributed by atoms with Crippen LogP contribution in [-0.2, 0) is 0 Å². The lowest BCUT2D eigenvalue weighted by Gasteiger charge is -2.17. The van der Waals surface area contributed by atoms with E-state index in [1.807, 2.05) is 47.7 Å². The summed E-state index contributed by atoms with van der Waals surface area (Å²) in [7, 11) is 0. The topological polar surface area (TPSA) is 43.6 Å². The molecule has 5 heteroatoms. The Kier molecular flexibility index (Phi) is 9.66. The lowest BCUT2D eigenvalue weighted by molar-refractivity contribution is 1.07. The van der Waals surface area contributed by atoms with Crippen molar-refractivity contribution in [1.82, 2.24) is 19.5 Å². The second kappa shape index (κ2) is 16.6. The Bertz CT molecular complexity index is 3940. The maximum absolute atomic E-state index is 5.38. The standard InChI is InChI=1S/C63H40N4S/c1-6-19-41(20-7-1)45-33-35-48(42-21-8-2-9-22-42)52(37-45)46-34-36-49(54(38-46)63-65-61(43-23-10-3-11-24-43)64-62(66-63)44-25-12-4-13-26-44)51-30-18-32-58-60(51)55-39-57-53(40-59(55)68-58)50-29-16-17-31-56(50)67(57)47-27-14-5-15-28-47/h1-40H. The third-order valence-electron chi connectivity index (χ3n) is 13.1. The smallest absolute Gasteiger partial charge is 0.164 e. The van der Waals surface area contributed by atoms with Crippen LogP contribution in [0.3, 0.4) is 0 Å². The van der Waals surface area contributed by atoms with E-state index >= 15 is 0 Å². The van der Waals surface area contributed by atoms with E-state index in [2.05, 4.69) is 211 Å². The predicted octanol–water partition coefficient (Wildman–Crippen LogP) is 17.0. The fourth-order valence-corrected chi connectivity index (χ4v) is 11.0. The second-order valence-corrected chi connectivity index (χ2v) is 18.2. The number of fused-ring (bicyclic) bond motifs is 6. The van der Waals surface area contributed by atoms with E-state index in [9.17, 15) is 0 Å². The summed E-state index contributed by atoms with van der Waals surface area (Å²) in [6.07, 6.45) is 0. The Morgan fingerprint density at radius 2 is 0.838 bits per heavy atom. The Morgan fingerprint density at radius 3 is 1.53 bits per heavy atom. The molecule has 3 heterocycles. The van der Waals surface area contributed by atoms with E-state index in [0.717, 1.165) is 61.3 Å². The van der Waals surface area contributed by atoms with Crippen LogP contribution < -0.4 is 0 Å². The van der Waals surface area contributed by atoms with Crippen LogP contribution in [0.1, 0.15) is 0 Å². The molecule has 4 nitrogen and oxygen atoms in total. The number of nitrogens with zero attached hydrogens (tertiary/aromatic N) is 4. The summed E-state index contributed by atoms with van der Waals surface area (Å²) in [4.78, 5) is 15.9. The molecule has 13 rings (SSSR count). The van der Waals surface area contributed by atoms with E-state index in [-0.39, 0.29) is 0 Å². The Balaban J connectivity index is 1.10. The van der Waals surface area contributed by atoms with E-state index < -0.39 is 0 Å². The van der Waals surface area contributed by atoms with Crippen LogP contribution in [0.15, 0.2) is 243 Å². The van der Waals surface area contributed by atoms with Gasteiger partial charge in [-0.1, -0.05) is 194 Å². The van der Waals surface area contributed by atoms with E-state index in [0.29, 0.717) is 17.5 Å². The molecule has 0 saturated carbocycles. The highest BCUT2D eigenvalue weighted by molar-refractivity contribution is 7.26. The lowest BCUT2D eigenvalue weighted by Crippen LogP contribution is -2.01. The van der Waals surface area contributed by atoms with Crippen molar-refractivity contribution in [3.05, 3.63) is 243 Å². The first-order chi connectivity index (χ1) is 33.7. The maximum Gasteiger partial charge on any atom is 0.164 e. The molecule has 10 aromatic carbocycles. The van der Waals surface area contributed by atoms with Crippen molar-refractivity contribution in [2.75, 3.05) is 0 Å². The number of hydrogen-bond donors (Lipinski definition) is 0. The van der Waals surface area contributed by atoms with Gasteiger partial charge in [-0.3, -0.25) is 0 Å². The highest BCUT2D eigenvalue weighted by Gasteiger charge is 2.22. The number of aromatic nitrogens is 4. The molecular weight excluding hydrogens is 845 g/mol. The minimum Gasteiger partial charge on any atom is -0.309 e. The summed E-state index contributed by atoms with van der Waals surface area (Å²) in [5.41, 5.74) is 15.3. The number of hydrogen-bond acceptors (Lipinski definition) is 4. The zero-order valence-corrected chi connectivity index (χ0v) is 37.6. The summed E-state index contributed by atoms with van der Waals surface area (Å²) >= 11 is 1.85. The number of rotatable bonds is 8. The molecule has 0 bridgehead atoms. The van der Waals surface area contributed by atoms with Gasteiger partial charge in [0.2, 0.25) is 0 Å². The normalized spacial score (nSPS) is 11.5. The molecule has 68 heavy (non-hydrogen) atoms. The van der Waals surface area contributed by atoms with E-state index in [1.165, 1.54) is 47.5 Å². The molecule has 0 unspecified atom stereocenters.